The fourth-order valence-corrected chi connectivity index (χ4v) is 1.96. The Hall–Kier alpha value is -1.92. The molecule has 0 aliphatic heterocycles. The van der Waals surface area contributed by atoms with Crippen LogP contribution in [0.25, 0.3) is 0 Å². The maximum absolute atomic E-state index is 11.6. The summed E-state index contributed by atoms with van der Waals surface area (Å²) in [7, 11) is 2.94. The minimum atomic E-state index is -0.693. The van der Waals surface area contributed by atoms with Crippen molar-refractivity contribution in [2.75, 3.05) is 20.8 Å². The molecule has 21 heavy (non-hydrogen) atoms. The first-order valence-electron chi connectivity index (χ1n) is 6.69. The summed E-state index contributed by atoms with van der Waals surface area (Å²) in [6, 6.07) is 7.19. The molecule has 116 valence electrons. The van der Waals surface area contributed by atoms with Gasteiger partial charge in [0.2, 0.25) is 5.91 Å². The van der Waals surface area contributed by atoms with E-state index in [-0.39, 0.29) is 5.91 Å². The molecule has 1 aromatic rings. The molecule has 2 N–H and O–H groups in total. The minimum Gasteiger partial charge on any atom is -0.467 e. The summed E-state index contributed by atoms with van der Waals surface area (Å²) in [6.45, 7) is 2.77. The third kappa shape index (κ3) is 5.93. The number of carbonyl (C=O) groups excluding carboxylic acids is 2. The van der Waals surface area contributed by atoms with Gasteiger partial charge in [-0.05, 0) is 11.1 Å². The zero-order valence-electron chi connectivity index (χ0n) is 12.6. The molecule has 1 amide bonds. The van der Waals surface area contributed by atoms with Gasteiger partial charge < -0.3 is 20.1 Å². The Morgan fingerprint density at radius 2 is 1.86 bits per heavy atom. The molecule has 0 saturated carbocycles. The molecule has 6 heteroatoms. The maximum Gasteiger partial charge on any atom is 0.329 e. The minimum absolute atomic E-state index is 0.271. The summed E-state index contributed by atoms with van der Waals surface area (Å²) in [6.07, 6.45) is 0. The summed E-state index contributed by atoms with van der Waals surface area (Å²) < 4.78 is 9.81. The second-order valence-corrected chi connectivity index (χ2v) is 4.61. The quantitative estimate of drug-likeness (QED) is 0.687. The molecule has 0 aliphatic rings. The van der Waals surface area contributed by atoms with E-state index in [1.165, 1.54) is 14.0 Å². The standard InChI is InChI=1S/C15H22N2O4/c1-11(18)17-14(15(19)21-3)9-16-8-12-6-4-5-7-13(12)10-20-2/h4-7,14,16H,8-10H2,1-3H3,(H,17,18). The molecule has 1 atom stereocenters. The van der Waals surface area contributed by atoms with E-state index in [2.05, 4.69) is 15.4 Å². The average Bonchev–Trinajstić information content (AvgIpc) is 2.47. The van der Waals surface area contributed by atoms with E-state index in [9.17, 15) is 9.59 Å². The monoisotopic (exact) mass is 294 g/mol. The van der Waals surface area contributed by atoms with Crippen molar-refractivity contribution in [1.82, 2.24) is 10.6 Å². The molecule has 0 bridgehead atoms. The van der Waals surface area contributed by atoms with Crippen LogP contribution < -0.4 is 10.6 Å². The molecule has 1 rings (SSSR count). The van der Waals surface area contributed by atoms with Gasteiger partial charge in [0, 0.05) is 27.1 Å². The fraction of sp³-hybridized carbons (Fsp3) is 0.467. The summed E-state index contributed by atoms with van der Waals surface area (Å²) in [5, 5.41) is 5.71. The number of benzene rings is 1. The highest BCUT2D eigenvalue weighted by molar-refractivity contribution is 5.83. The van der Waals surface area contributed by atoms with Crippen molar-refractivity contribution in [3.05, 3.63) is 35.4 Å². The van der Waals surface area contributed by atoms with Crippen LogP contribution in [-0.2, 0) is 32.2 Å². The molecule has 0 aliphatic carbocycles. The number of hydrogen-bond acceptors (Lipinski definition) is 5. The molecule has 6 nitrogen and oxygen atoms in total. The largest absolute Gasteiger partial charge is 0.467 e. The number of amides is 1. The smallest absolute Gasteiger partial charge is 0.329 e. The molecular formula is C15H22N2O4. The van der Waals surface area contributed by atoms with Crippen LogP contribution in [0.2, 0.25) is 0 Å². The Kier molecular flexibility index (Phi) is 7.42. The summed E-state index contributed by atoms with van der Waals surface area (Å²) >= 11 is 0. The zero-order valence-corrected chi connectivity index (χ0v) is 12.6. The van der Waals surface area contributed by atoms with Gasteiger partial charge in [-0.1, -0.05) is 24.3 Å². The number of rotatable bonds is 8. The van der Waals surface area contributed by atoms with Gasteiger partial charge in [0.25, 0.3) is 0 Å². The van der Waals surface area contributed by atoms with Crippen molar-refractivity contribution in [2.45, 2.75) is 26.1 Å². The lowest BCUT2D eigenvalue weighted by Crippen LogP contribution is -2.47. The number of hydrogen-bond donors (Lipinski definition) is 2. The Morgan fingerprint density at radius 1 is 1.19 bits per heavy atom. The Bertz CT molecular complexity index is 476. The Balaban J connectivity index is 2.57. The average molecular weight is 294 g/mol. The number of ether oxygens (including phenoxy) is 2. The highest BCUT2D eigenvalue weighted by Crippen LogP contribution is 2.09. The SMILES string of the molecule is COCc1ccccc1CNCC(NC(C)=O)C(=O)OC. The highest BCUT2D eigenvalue weighted by Gasteiger charge is 2.19. The van der Waals surface area contributed by atoms with Crippen molar-refractivity contribution in [3.8, 4) is 0 Å². The lowest BCUT2D eigenvalue weighted by atomic mass is 10.1. The van der Waals surface area contributed by atoms with Crippen molar-refractivity contribution in [2.24, 2.45) is 0 Å². The van der Waals surface area contributed by atoms with Gasteiger partial charge in [-0.15, -0.1) is 0 Å². The zero-order chi connectivity index (χ0) is 15.7. The van der Waals surface area contributed by atoms with Crippen LogP contribution in [0.3, 0.4) is 0 Å². The number of nitrogens with one attached hydrogen (secondary N) is 2. The molecule has 1 unspecified atom stereocenters. The van der Waals surface area contributed by atoms with Crippen LogP contribution in [-0.4, -0.2) is 38.7 Å². The fourth-order valence-electron chi connectivity index (χ4n) is 1.96. The van der Waals surface area contributed by atoms with Gasteiger partial charge in [-0.3, -0.25) is 4.79 Å². The second kappa shape index (κ2) is 9.10. The van der Waals surface area contributed by atoms with E-state index in [0.29, 0.717) is 19.7 Å². The van der Waals surface area contributed by atoms with E-state index in [1.54, 1.807) is 7.11 Å². The molecular weight excluding hydrogens is 272 g/mol. The first-order valence-corrected chi connectivity index (χ1v) is 6.69. The number of methoxy groups -OCH3 is 2. The molecule has 0 saturated heterocycles. The van der Waals surface area contributed by atoms with Crippen LogP contribution in [0.5, 0.6) is 0 Å². The normalized spacial score (nSPS) is 11.8. The molecule has 0 spiro atoms. The lowest BCUT2D eigenvalue weighted by molar-refractivity contribution is -0.144. The molecule has 0 fully saturated rings. The van der Waals surface area contributed by atoms with Crippen LogP contribution in [0.1, 0.15) is 18.1 Å². The first kappa shape index (κ1) is 17.1. The third-order valence-electron chi connectivity index (χ3n) is 2.95. The van der Waals surface area contributed by atoms with Crippen LogP contribution >= 0.6 is 0 Å². The third-order valence-corrected chi connectivity index (χ3v) is 2.95. The first-order chi connectivity index (χ1) is 10.1. The van der Waals surface area contributed by atoms with Gasteiger partial charge in [-0.2, -0.15) is 0 Å². The van der Waals surface area contributed by atoms with Gasteiger partial charge in [0.15, 0.2) is 0 Å². The maximum atomic E-state index is 11.6. The number of esters is 1. The second-order valence-electron chi connectivity index (χ2n) is 4.61. The predicted molar refractivity (Wildman–Crippen MR) is 78.5 cm³/mol. The van der Waals surface area contributed by atoms with E-state index in [4.69, 9.17) is 4.74 Å². The summed E-state index contributed by atoms with van der Waals surface area (Å²) in [5.74, 6) is -0.741. The van der Waals surface area contributed by atoms with Crippen LogP contribution in [0.4, 0.5) is 0 Å². The van der Waals surface area contributed by atoms with E-state index in [1.807, 2.05) is 24.3 Å². The van der Waals surface area contributed by atoms with Crippen molar-refractivity contribution >= 4 is 11.9 Å². The summed E-state index contributed by atoms with van der Waals surface area (Å²) in [5.41, 5.74) is 2.17. The van der Waals surface area contributed by atoms with Crippen LogP contribution in [0.15, 0.2) is 24.3 Å². The van der Waals surface area contributed by atoms with Crippen LogP contribution in [0, 0.1) is 0 Å². The molecule has 0 heterocycles. The molecule has 1 aromatic carbocycles. The van der Waals surface area contributed by atoms with E-state index < -0.39 is 12.0 Å². The van der Waals surface area contributed by atoms with Crippen molar-refractivity contribution < 1.29 is 19.1 Å². The van der Waals surface area contributed by atoms with Crippen molar-refractivity contribution in [1.29, 1.82) is 0 Å². The van der Waals surface area contributed by atoms with E-state index >= 15 is 0 Å². The summed E-state index contributed by atoms with van der Waals surface area (Å²) in [4.78, 5) is 22.6. The van der Waals surface area contributed by atoms with Gasteiger partial charge in [0.05, 0.1) is 13.7 Å². The Labute approximate surface area is 124 Å². The Morgan fingerprint density at radius 3 is 2.43 bits per heavy atom. The molecule has 0 aromatic heterocycles. The topological polar surface area (TPSA) is 76.7 Å². The lowest BCUT2D eigenvalue weighted by Gasteiger charge is -2.17. The van der Waals surface area contributed by atoms with E-state index in [0.717, 1.165) is 11.1 Å². The predicted octanol–water partition coefficient (Wildman–Crippen LogP) is 0.600. The number of carbonyl (C=O) groups is 2. The van der Waals surface area contributed by atoms with Gasteiger partial charge in [-0.25, -0.2) is 4.79 Å². The molecule has 0 radical (unpaired) electrons. The highest BCUT2D eigenvalue weighted by atomic mass is 16.5. The van der Waals surface area contributed by atoms with Gasteiger partial charge in [0.1, 0.15) is 6.04 Å². The van der Waals surface area contributed by atoms with Gasteiger partial charge >= 0.3 is 5.97 Å². The van der Waals surface area contributed by atoms with Crippen molar-refractivity contribution in [3.63, 3.8) is 0 Å².